The molecule has 0 heterocycles. The predicted octanol–water partition coefficient (Wildman–Crippen LogP) is 1.73. The third-order valence-corrected chi connectivity index (χ3v) is 1.61. The van der Waals surface area contributed by atoms with Crippen LogP contribution in [0.25, 0.3) is 0 Å². The first-order valence-corrected chi connectivity index (χ1v) is 4.07. The van der Waals surface area contributed by atoms with Gasteiger partial charge < -0.3 is 10.8 Å². The molecule has 0 bridgehead atoms. The molecule has 0 atom stereocenters. The third kappa shape index (κ3) is 4.74. The highest BCUT2D eigenvalue weighted by Gasteiger charge is 1.93. The van der Waals surface area contributed by atoms with Gasteiger partial charge in [0.15, 0.2) is 0 Å². The summed E-state index contributed by atoms with van der Waals surface area (Å²) in [5.41, 5.74) is 7.59. The van der Waals surface area contributed by atoms with Crippen LogP contribution < -0.4 is 5.73 Å². The molecule has 0 aromatic heterocycles. The number of aliphatic hydroxyl groups excluding tert-OH is 1. The monoisotopic (exact) mass is 167 g/mol. The molecule has 0 spiro atoms. The number of aliphatic hydroxyl groups is 1. The zero-order valence-corrected chi connectivity index (χ0v) is 7.59. The Hall–Kier alpha value is -1.02. The van der Waals surface area contributed by atoms with Gasteiger partial charge in [-0.15, -0.1) is 0 Å². The van der Waals surface area contributed by atoms with Gasteiger partial charge in [0.1, 0.15) is 0 Å². The van der Waals surface area contributed by atoms with E-state index in [4.69, 9.17) is 10.8 Å². The lowest BCUT2D eigenvalue weighted by molar-refractivity contribution is 0.288. The summed E-state index contributed by atoms with van der Waals surface area (Å²) >= 11 is 0. The maximum absolute atomic E-state index is 8.58. The molecule has 0 rings (SSSR count). The van der Waals surface area contributed by atoms with Gasteiger partial charge >= 0.3 is 0 Å². The molecule has 0 saturated heterocycles. The van der Waals surface area contributed by atoms with Crippen molar-refractivity contribution in [2.24, 2.45) is 5.73 Å². The highest BCUT2D eigenvalue weighted by Crippen LogP contribution is 2.07. The van der Waals surface area contributed by atoms with E-state index >= 15 is 0 Å². The number of nitrogens with two attached hydrogens (primary N) is 1. The van der Waals surface area contributed by atoms with Crippen molar-refractivity contribution in [3.8, 4) is 0 Å². The van der Waals surface area contributed by atoms with Crippen LogP contribution in [-0.2, 0) is 0 Å². The molecule has 12 heavy (non-hydrogen) atoms. The Balaban J connectivity index is 4.05. The van der Waals surface area contributed by atoms with Crippen LogP contribution in [0.2, 0.25) is 0 Å². The Kier molecular flexibility index (Phi) is 6.11. The van der Waals surface area contributed by atoms with Gasteiger partial charge in [0.2, 0.25) is 0 Å². The van der Waals surface area contributed by atoms with E-state index in [0.29, 0.717) is 0 Å². The molecule has 0 aromatic rings. The van der Waals surface area contributed by atoms with Gasteiger partial charge in [0, 0.05) is 12.3 Å². The predicted molar refractivity (Wildman–Crippen MR) is 52.5 cm³/mol. The summed E-state index contributed by atoms with van der Waals surface area (Å²) < 4.78 is 0. The molecular weight excluding hydrogens is 150 g/mol. The maximum Gasteiger partial charge on any atom is 0.0434 e. The van der Waals surface area contributed by atoms with E-state index in [1.54, 1.807) is 12.2 Å². The third-order valence-electron chi connectivity index (χ3n) is 1.61. The fourth-order valence-electron chi connectivity index (χ4n) is 0.803. The molecule has 0 aliphatic heterocycles. The Morgan fingerprint density at radius 3 is 2.75 bits per heavy atom. The molecule has 0 aromatic carbocycles. The number of hydrogen-bond acceptors (Lipinski definition) is 2. The minimum absolute atomic E-state index is 0.218. The number of allylic oxidation sites excluding steroid dienone is 4. The molecule has 0 radical (unpaired) electrons. The van der Waals surface area contributed by atoms with Crippen LogP contribution >= 0.6 is 0 Å². The van der Waals surface area contributed by atoms with Crippen molar-refractivity contribution in [3.05, 3.63) is 36.1 Å². The quantitative estimate of drug-likeness (QED) is 0.612. The van der Waals surface area contributed by atoms with E-state index in [9.17, 15) is 0 Å². The smallest absolute Gasteiger partial charge is 0.0434 e. The van der Waals surface area contributed by atoms with Crippen LogP contribution in [0.3, 0.4) is 0 Å². The highest BCUT2D eigenvalue weighted by atomic mass is 16.2. The topological polar surface area (TPSA) is 46.2 Å². The first kappa shape index (κ1) is 11.0. The SMILES string of the molecule is C=C/C=C\C(N)=C(/C)CCCO. The molecule has 0 amide bonds. The zero-order valence-electron chi connectivity index (χ0n) is 7.59. The van der Waals surface area contributed by atoms with Crippen LogP contribution in [0.1, 0.15) is 19.8 Å². The van der Waals surface area contributed by atoms with Crippen molar-refractivity contribution in [3.63, 3.8) is 0 Å². The molecule has 2 heteroatoms. The lowest BCUT2D eigenvalue weighted by Gasteiger charge is -2.01. The molecule has 0 aliphatic rings. The Labute approximate surface area is 74.1 Å². The van der Waals surface area contributed by atoms with Gasteiger partial charge in [0.25, 0.3) is 0 Å². The van der Waals surface area contributed by atoms with Crippen molar-refractivity contribution in [2.45, 2.75) is 19.8 Å². The fraction of sp³-hybridized carbons (Fsp3) is 0.400. The van der Waals surface area contributed by atoms with Gasteiger partial charge in [-0.2, -0.15) is 0 Å². The van der Waals surface area contributed by atoms with E-state index in [1.165, 1.54) is 0 Å². The van der Waals surface area contributed by atoms with E-state index < -0.39 is 0 Å². The largest absolute Gasteiger partial charge is 0.399 e. The molecule has 2 nitrogen and oxygen atoms in total. The standard InChI is InChI=1S/C10H17NO/c1-3-4-7-10(11)9(2)6-5-8-12/h3-4,7,12H,1,5-6,8,11H2,2H3/b7-4-,10-9-. The second-order valence-corrected chi connectivity index (χ2v) is 2.66. The summed E-state index contributed by atoms with van der Waals surface area (Å²) in [7, 11) is 0. The summed E-state index contributed by atoms with van der Waals surface area (Å²) in [4.78, 5) is 0. The van der Waals surface area contributed by atoms with Gasteiger partial charge in [-0.3, -0.25) is 0 Å². The van der Waals surface area contributed by atoms with E-state index in [-0.39, 0.29) is 6.61 Å². The summed E-state index contributed by atoms with van der Waals surface area (Å²) in [5, 5.41) is 8.58. The number of rotatable bonds is 5. The Bertz CT molecular complexity index is 192. The van der Waals surface area contributed by atoms with Crippen LogP contribution in [0.5, 0.6) is 0 Å². The minimum atomic E-state index is 0.218. The van der Waals surface area contributed by atoms with E-state index in [1.807, 2.05) is 13.0 Å². The Morgan fingerprint density at radius 1 is 1.58 bits per heavy atom. The van der Waals surface area contributed by atoms with Crippen molar-refractivity contribution in [2.75, 3.05) is 6.61 Å². The molecule has 0 saturated carbocycles. The maximum atomic E-state index is 8.58. The molecule has 0 unspecified atom stereocenters. The van der Waals surface area contributed by atoms with Gasteiger partial charge in [-0.1, -0.05) is 24.3 Å². The molecule has 3 N–H and O–H groups in total. The zero-order chi connectivity index (χ0) is 9.40. The normalized spacial score (nSPS) is 13.2. The molecule has 68 valence electrons. The first-order chi connectivity index (χ1) is 5.72. The number of hydrogen-bond donors (Lipinski definition) is 2. The van der Waals surface area contributed by atoms with Crippen LogP contribution in [-0.4, -0.2) is 11.7 Å². The highest BCUT2D eigenvalue weighted by molar-refractivity contribution is 5.23. The second kappa shape index (κ2) is 6.68. The van der Waals surface area contributed by atoms with Crippen LogP contribution in [0, 0.1) is 0 Å². The second-order valence-electron chi connectivity index (χ2n) is 2.66. The fourth-order valence-corrected chi connectivity index (χ4v) is 0.803. The van der Waals surface area contributed by atoms with Crippen molar-refractivity contribution < 1.29 is 5.11 Å². The average Bonchev–Trinajstić information content (AvgIpc) is 2.10. The molecule has 0 aliphatic carbocycles. The Morgan fingerprint density at radius 2 is 2.25 bits per heavy atom. The minimum Gasteiger partial charge on any atom is -0.399 e. The van der Waals surface area contributed by atoms with Gasteiger partial charge in [-0.05, 0) is 25.8 Å². The van der Waals surface area contributed by atoms with Crippen molar-refractivity contribution in [1.29, 1.82) is 0 Å². The van der Waals surface area contributed by atoms with Crippen molar-refractivity contribution >= 4 is 0 Å². The van der Waals surface area contributed by atoms with Crippen molar-refractivity contribution in [1.82, 2.24) is 0 Å². The molecular formula is C10H17NO. The van der Waals surface area contributed by atoms with Gasteiger partial charge in [0.05, 0.1) is 0 Å². The van der Waals surface area contributed by atoms with E-state index in [0.717, 1.165) is 24.1 Å². The summed E-state index contributed by atoms with van der Waals surface area (Å²) in [6.45, 7) is 5.74. The molecule has 0 fully saturated rings. The summed E-state index contributed by atoms with van der Waals surface area (Å²) in [5.74, 6) is 0. The lowest BCUT2D eigenvalue weighted by atomic mass is 10.1. The lowest BCUT2D eigenvalue weighted by Crippen LogP contribution is -1.98. The average molecular weight is 167 g/mol. The van der Waals surface area contributed by atoms with Crippen LogP contribution in [0.15, 0.2) is 36.1 Å². The van der Waals surface area contributed by atoms with E-state index in [2.05, 4.69) is 6.58 Å². The van der Waals surface area contributed by atoms with Crippen LogP contribution in [0.4, 0.5) is 0 Å². The van der Waals surface area contributed by atoms with Gasteiger partial charge in [-0.25, -0.2) is 0 Å². The first-order valence-electron chi connectivity index (χ1n) is 4.07. The summed E-state index contributed by atoms with van der Waals surface area (Å²) in [6.07, 6.45) is 6.93. The summed E-state index contributed by atoms with van der Waals surface area (Å²) in [6, 6.07) is 0.